The van der Waals surface area contributed by atoms with Gasteiger partial charge in [-0.15, -0.1) is 0 Å². The Morgan fingerprint density at radius 1 is 1.18 bits per heavy atom. The van der Waals surface area contributed by atoms with Crippen LogP contribution in [0.1, 0.15) is 10.4 Å². The van der Waals surface area contributed by atoms with E-state index in [1.165, 1.54) is 12.1 Å². The monoisotopic (exact) mass is 256 g/mol. The van der Waals surface area contributed by atoms with Gasteiger partial charge in [-0.05, 0) is 0 Å². The Bertz CT molecular complexity index is 510. The van der Waals surface area contributed by atoms with Crippen LogP contribution in [0.15, 0.2) is 30.3 Å². The van der Waals surface area contributed by atoms with Gasteiger partial charge in [0, 0.05) is 5.56 Å². The number of Topliss-reactive ketones (excluding diaryl/α,β-unsaturated/α-hetero) is 1. The largest absolute Gasteiger partial charge is 0.322 e. The van der Waals surface area contributed by atoms with E-state index >= 15 is 0 Å². The van der Waals surface area contributed by atoms with Crippen molar-refractivity contribution in [2.45, 2.75) is 0 Å². The Morgan fingerprint density at radius 3 is 2.29 bits per heavy atom. The van der Waals surface area contributed by atoms with Gasteiger partial charge < -0.3 is 5.73 Å². The number of hydrogen-bond acceptors (Lipinski definition) is 5. The summed E-state index contributed by atoms with van der Waals surface area (Å²) in [6.45, 7) is -0.446. The Balaban J connectivity index is 2.72. The summed E-state index contributed by atoms with van der Waals surface area (Å²) < 4.78 is 24.4. The number of carbonyl (C=O) groups excluding carboxylic acids is 2. The van der Waals surface area contributed by atoms with Gasteiger partial charge in [0.05, 0.1) is 6.54 Å². The molecule has 1 aromatic rings. The topological polar surface area (TPSA) is 106 Å². The summed E-state index contributed by atoms with van der Waals surface area (Å²) >= 11 is 0. The minimum atomic E-state index is -3.97. The molecule has 0 atom stereocenters. The molecule has 0 aliphatic carbocycles. The highest BCUT2D eigenvalue weighted by molar-refractivity contribution is 7.90. The van der Waals surface area contributed by atoms with Crippen molar-refractivity contribution in [1.29, 1.82) is 0 Å². The van der Waals surface area contributed by atoms with Crippen molar-refractivity contribution < 1.29 is 18.0 Å². The zero-order valence-electron chi connectivity index (χ0n) is 8.92. The quantitative estimate of drug-likeness (QED) is 0.676. The van der Waals surface area contributed by atoms with Gasteiger partial charge in [-0.2, -0.15) is 0 Å². The molecule has 0 aliphatic heterocycles. The predicted octanol–water partition coefficient (Wildman–Crippen LogP) is -0.726. The molecule has 0 radical (unpaired) electrons. The highest BCUT2D eigenvalue weighted by Gasteiger charge is 2.19. The molecule has 7 heteroatoms. The zero-order valence-corrected chi connectivity index (χ0v) is 9.74. The second kappa shape index (κ2) is 5.55. The molecule has 1 rings (SSSR count). The summed E-state index contributed by atoms with van der Waals surface area (Å²) in [6, 6.07) is 7.96. The van der Waals surface area contributed by atoms with Crippen LogP contribution in [0.2, 0.25) is 0 Å². The fraction of sp³-hybridized carbons (Fsp3) is 0.200. The molecule has 3 N–H and O–H groups in total. The van der Waals surface area contributed by atoms with Gasteiger partial charge in [-0.1, -0.05) is 30.3 Å². The molecule has 0 saturated carbocycles. The lowest BCUT2D eigenvalue weighted by molar-refractivity contribution is -0.118. The summed E-state index contributed by atoms with van der Waals surface area (Å²) in [6.07, 6.45) is 0. The van der Waals surface area contributed by atoms with Crippen LogP contribution in [0.25, 0.3) is 0 Å². The molecular formula is C10H12N2O4S. The van der Waals surface area contributed by atoms with Crippen LogP contribution < -0.4 is 10.5 Å². The van der Waals surface area contributed by atoms with E-state index in [1.807, 2.05) is 0 Å². The highest BCUT2D eigenvalue weighted by Crippen LogP contribution is 2.01. The predicted molar refractivity (Wildman–Crippen MR) is 61.8 cm³/mol. The Hall–Kier alpha value is -1.73. The average Bonchev–Trinajstić information content (AvgIpc) is 2.28. The van der Waals surface area contributed by atoms with Crippen LogP contribution in [-0.2, 0) is 14.8 Å². The first-order chi connectivity index (χ1) is 7.94. The molecule has 0 aromatic heterocycles. The second-order valence-electron chi connectivity index (χ2n) is 3.28. The maximum Gasteiger partial charge on any atom is 0.247 e. The third kappa shape index (κ3) is 4.33. The van der Waals surface area contributed by atoms with Crippen LogP contribution in [-0.4, -0.2) is 32.4 Å². The number of hydrogen-bond donors (Lipinski definition) is 2. The summed E-state index contributed by atoms with van der Waals surface area (Å²) in [7, 11) is -3.97. The van der Waals surface area contributed by atoms with Gasteiger partial charge in [0.2, 0.25) is 15.9 Å². The molecule has 0 unspecified atom stereocenters. The van der Waals surface area contributed by atoms with Gasteiger partial charge in [-0.3, -0.25) is 14.3 Å². The minimum Gasteiger partial charge on any atom is -0.322 e. The number of nitrogens with one attached hydrogen (secondary N) is 1. The molecule has 92 valence electrons. The lowest BCUT2D eigenvalue weighted by Crippen LogP contribution is -2.38. The number of ketones is 1. The molecule has 0 saturated heterocycles. The Morgan fingerprint density at radius 2 is 1.76 bits per heavy atom. The molecular weight excluding hydrogens is 244 g/mol. The summed E-state index contributed by atoms with van der Waals surface area (Å²) in [5.41, 5.74) is 5.24. The molecule has 0 fully saturated rings. The molecule has 1 amide bonds. The van der Waals surface area contributed by atoms with Gasteiger partial charge in [-0.25, -0.2) is 8.42 Å². The summed E-state index contributed by atoms with van der Waals surface area (Å²) in [5, 5.41) is 0. The normalized spacial score (nSPS) is 10.9. The smallest absolute Gasteiger partial charge is 0.247 e. The van der Waals surface area contributed by atoms with E-state index in [4.69, 9.17) is 5.73 Å². The number of benzene rings is 1. The van der Waals surface area contributed by atoms with Gasteiger partial charge in [0.1, 0.15) is 5.75 Å². The van der Waals surface area contributed by atoms with E-state index < -0.39 is 34.0 Å². The second-order valence-corrected chi connectivity index (χ2v) is 5.00. The van der Waals surface area contributed by atoms with Crippen LogP contribution >= 0.6 is 0 Å². The number of rotatable bonds is 5. The van der Waals surface area contributed by atoms with Gasteiger partial charge >= 0.3 is 0 Å². The van der Waals surface area contributed by atoms with E-state index in [2.05, 4.69) is 0 Å². The van der Waals surface area contributed by atoms with Crippen LogP contribution in [0.4, 0.5) is 0 Å². The van der Waals surface area contributed by atoms with Crippen molar-refractivity contribution in [2.24, 2.45) is 5.73 Å². The maximum atomic E-state index is 11.6. The molecule has 0 spiro atoms. The standard InChI is InChI=1S/C10H12N2O4S/c11-6-10(14)12-17(15,16)7-9(13)8-4-2-1-3-5-8/h1-5H,6-7,11H2,(H,12,14). The molecule has 0 heterocycles. The molecule has 0 aliphatic rings. The number of amides is 1. The van der Waals surface area contributed by atoms with Crippen molar-refractivity contribution >= 4 is 21.7 Å². The first kappa shape index (κ1) is 13.3. The first-order valence-electron chi connectivity index (χ1n) is 4.76. The molecule has 6 nitrogen and oxygen atoms in total. The zero-order chi connectivity index (χ0) is 12.9. The highest BCUT2D eigenvalue weighted by atomic mass is 32.2. The fourth-order valence-corrected chi connectivity index (χ4v) is 2.15. The van der Waals surface area contributed by atoms with Crippen molar-refractivity contribution in [1.82, 2.24) is 4.72 Å². The number of sulfonamides is 1. The summed E-state index contributed by atoms with van der Waals surface area (Å²) in [5.74, 6) is -2.20. The average molecular weight is 256 g/mol. The van der Waals surface area contributed by atoms with Crippen LogP contribution in [0, 0.1) is 0 Å². The molecule has 17 heavy (non-hydrogen) atoms. The minimum absolute atomic E-state index is 0.276. The van der Waals surface area contributed by atoms with Gasteiger partial charge in [0.25, 0.3) is 0 Å². The van der Waals surface area contributed by atoms with Crippen molar-refractivity contribution in [3.63, 3.8) is 0 Å². The Labute approximate surface area is 98.9 Å². The Kier molecular flexibility index (Phi) is 4.36. The van der Waals surface area contributed by atoms with Crippen LogP contribution in [0.3, 0.4) is 0 Å². The van der Waals surface area contributed by atoms with Crippen molar-refractivity contribution in [3.8, 4) is 0 Å². The SMILES string of the molecule is NCC(=O)NS(=O)(=O)CC(=O)c1ccccc1. The van der Waals surface area contributed by atoms with E-state index in [0.717, 1.165) is 0 Å². The van der Waals surface area contributed by atoms with E-state index in [1.54, 1.807) is 22.9 Å². The molecule has 1 aromatic carbocycles. The van der Waals surface area contributed by atoms with E-state index in [-0.39, 0.29) is 5.56 Å². The molecule has 0 bridgehead atoms. The van der Waals surface area contributed by atoms with Crippen LogP contribution in [0.5, 0.6) is 0 Å². The number of carbonyl (C=O) groups is 2. The van der Waals surface area contributed by atoms with E-state index in [9.17, 15) is 18.0 Å². The lowest BCUT2D eigenvalue weighted by Gasteiger charge is -2.04. The van der Waals surface area contributed by atoms with Gasteiger partial charge in [0.15, 0.2) is 5.78 Å². The maximum absolute atomic E-state index is 11.6. The third-order valence-electron chi connectivity index (χ3n) is 1.87. The third-order valence-corrected chi connectivity index (χ3v) is 3.05. The fourth-order valence-electron chi connectivity index (χ4n) is 1.13. The first-order valence-corrected chi connectivity index (χ1v) is 6.41. The lowest BCUT2D eigenvalue weighted by atomic mass is 10.2. The number of nitrogens with two attached hydrogens (primary N) is 1. The van der Waals surface area contributed by atoms with Crippen molar-refractivity contribution in [3.05, 3.63) is 35.9 Å². The van der Waals surface area contributed by atoms with E-state index in [0.29, 0.717) is 0 Å². The summed E-state index contributed by atoms with van der Waals surface area (Å²) in [4.78, 5) is 22.4. The van der Waals surface area contributed by atoms with Crippen molar-refractivity contribution in [2.75, 3.05) is 12.3 Å².